The van der Waals surface area contributed by atoms with Crippen molar-refractivity contribution in [1.82, 2.24) is 15.1 Å². The second-order valence-corrected chi connectivity index (χ2v) is 8.38. The Bertz CT molecular complexity index is 989. The standard InChI is InChI=1S/C24H28N4O3/c1-16-8-10-18(11-9-16)14-28-23(30)22-20(7-4-12-25-22)27(24(28)31)15-21(29)26-19-6-3-5-17(2)13-19/h3,5-6,8-11,13,20,22,25H,4,7,12,14-15H2,1-2H3,(H,26,29). The summed E-state index contributed by atoms with van der Waals surface area (Å²) in [7, 11) is 0. The van der Waals surface area contributed by atoms with Crippen LogP contribution in [0.4, 0.5) is 10.5 Å². The van der Waals surface area contributed by atoms with E-state index in [-0.39, 0.29) is 30.9 Å². The zero-order valence-corrected chi connectivity index (χ0v) is 17.9. The number of imide groups is 1. The number of carbonyl (C=O) groups is 3. The first-order valence-corrected chi connectivity index (χ1v) is 10.7. The van der Waals surface area contributed by atoms with E-state index in [4.69, 9.17) is 0 Å². The average Bonchev–Trinajstić information content (AvgIpc) is 2.75. The van der Waals surface area contributed by atoms with Gasteiger partial charge in [-0.15, -0.1) is 0 Å². The summed E-state index contributed by atoms with van der Waals surface area (Å²) in [5.41, 5.74) is 3.73. The largest absolute Gasteiger partial charge is 0.327 e. The van der Waals surface area contributed by atoms with Crippen molar-refractivity contribution >= 4 is 23.5 Å². The molecule has 2 saturated heterocycles. The molecular weight excluding hydrogens is 392 g/mol. The Morgan fingerprint density at radius 2 is 1.87 bits per heavy atom. The highest BCUT2D eigenvalue weighted by molar-refractivity contribution is 6.02. The molecule has 2 aromatic rings. The van der Waals surface area contributed by atoms with Gasteiger partial charge in [-0.05, 0) is 56.5 Å². The Hall–Kier alpha value is -3.19. The van der Waals surface area contributed by atoms with Crippen LogP contribution < -0.4 is 10.6 Å². The van der Waals surface area contributed by atoms with Crippen molar-refractivity contribution in [3.05, 3.63) is 65.2 Å². The summed E-state index contributed by atoms with van der Waals surface area (Å²) in [4.78, 5) is 42.0. The fourth-order valence-corrected chi connectivity index (χ4v) is 4.30. The number of carbonyl (C=O) groups excluding carboxylic acids is 3. The summed E-state index contributed by atoms with van der Waals surface area (Å²) >= 11 is 0. The Morgan fingerprint density at radius 3 is 2.61 bits per heavy atom. The van der Waals surface area contributed by atoms with E-state index in [1.807, 2.05) is 62.4 Å². The molecule has 0 bridgehead atoms. The number of hydrogen-bond donors (Lipinski definition) is 2. The maximum atomic E-state index is 13.3. The van der Waals surface area contributed by atoms with Crippen LogP contribution in [-0.2, 0) is 16.1 Å². The van der Waals surface area contributed by atoms with Crippen LogP contribution in [0.3, 0.4) is 0 Å². The van der Waals surface area contributed by atoms with Gasteiger partial charge in [-0.1, -0.05) is 42.0 Å². The Morgan fingerprint density at radius 1 is 1.10 bits per heavy atom. The van der Waals surface area contributed by atoms with Crippen molar-refractivity contribution < 1.29 is 14.4 Å². The van der Waals surface area contributed by atoms with Gasteiger partial charge in [0, 0.05) is 5.69 Å². The fourth-order valence-electron chi connectivity index (χ4n) is 4.30. The van der Waals surface area contributed by atoms with Crippen LogP contribution >= 0.6 is 0 Å². The minimum atomic E-state index is -0.483. The van der Waals surface area contributed by atoms with Crippen molar-refractivity contribution in [2.75, 3.05) is 18.4 Å². The van der Waals surface area contributed by atoms with Gasteiger partial charge >= 0.3 is 6.03 Å². The molecule has 2 N–H and O–H groups in total. The zero-order chi connectivity index (χ0) is 22.0. The number of nitrogens with zero attached hydrogens (tertiary/aromatic N) is 2. The van der Waals surface area contributed by atoms with Gasteiger partial charge in [0.05, 0.1) is 12.6 Å². The molecule has 2 aliphatic heterocycles. The number of fused-ring (bicyclic) bond motifs is 1. The molecule has 31 heavy (non-hydrogen) atoms. The third-order valence-corrected chi connectivity index (χ3v) is 5.91. The molecule has 7 heteroatoms. The van der Waals surface area contributed by atoms with Crippen molar-refractivity contribution in [1.29, 1.82) is 0 Å². The van der Waals surface area contributed by atoms with Crippen LogP contribution in [0, 0.1) is 13.8 Å². The highest BCUT2D eigenvalue weighted by atomic mass is 16.2. The first-order chi connectivity index (χ1) is 14.9. The Labute approximate surface area is 182 Å². The third kappa shape index (κ3) is 4.61. The van der Waals surface area contributed by atoms with Crippen LogP contribution in [0.5, 0.6) is 0 Å². The molecule has 4 rings (SSSR count). The van der Waals surface area contributed by atoms with E-state index in [0.717, 1.165) is 29.7 Å². The summed E-state index contributed by atoms with van der Waals surface area (Å²) in [6.45, 7) is 4.78. The monoisotopic (exact) mass is 420 g/mol. The number of rotatable bonds is 5. The maximum Gasteiger partial charge on any atom is 0.327 e. The SMILES string of the molecule is Cc1ccc(CN2C(=O)C3NCCCC3N(CC(=O)Nc3cccc(C)c3)C2=O)cc1. The molecule has 0 aliphatic carbocycles. The Kier molecular flexibility index (Phi) is 6.04. The minimum absolute atomic E-state index is 0.0900. The average molecular weight is 421 g/mol. The normalized spacial score (nSPS) is 21.1. The molecule has 0 radical (unpaired) electrons. The van der Waals surface area contributed by atoms with Crippen molar-refractivity contribution in [2.45, 2.75) is 45.3 Å². The van der Waals surface area contributed by atoms with Gasteiger partial charge in [0.25, 0.3) is 0 Å². The summed E-state index contributed by atoms with van der Waals surface area (Å²) in [6.07, 6.45) is 1.56. The number of benzene rings is 2. The van der Waals surface area contributed by atoms with E-state index in [2.05, 4.69) is 10.6 Å². The minimum Gasteiger partial charge on any atom is -0.325 e. The quantitative estimate of drug-likeness (QED) is 0.779. The second kappa shape index (κ2) is 8.89. The molecule has 7 nitrogen and oxygen atoms in total. The van der Waals surface area contributed by atoms with Gasteiger partial charge in [0.2, 0.25) is 11.8 Å². The lowest BCUT2D eigenvalue weighted by atomic mass is 9.93. The molecule has 2 heterocycles. The van der Waals surface area contributed by atoms with E-state index in [9.17, 15) is 14.4 Å². The van der Waals surface area contributed by atoms with Gasteiger partial charge in [-0.3, -0.25) is 14.5 Å². The van der Waals surface area contributed by atoms with E-state index in [1.54, 1.807) is 4.90 Å². The van der Waals surface area contributed by atoms with E-state index in [1.165, 1.54) is 4.90 Å². The number of nitrogens with one attached hydrogen (secondary N) is 2. The molecule has 2 fully saturated rings. The summed E-state index contributed by atoms with van der Waals surface area (Å²) in [6, 6.07) is 14.1. The topological polar surface area (TPSA) is 81.8 Å². The van der Waals surface area contributed by atoms with E-state index < -0.39 is 12.1 Å². The van der Waals surface area contributed by atoms with E-state index in [0.29, 0.717) is 12.1 Å². The van der Waals surface area contributed by atoms with Crippen molar-refractivity contribution in [3.63, 3.8) is 0 Å². The first kappa shape index (κ1) is 21.1. The lowest BCUT2D eigenvalue weighted by Crippen LogP contribution is -2.70. The molecule has 0 spiro atoms. The third-order valence-electron chi connectivity index (χ3n) is 5.91. The fraction of sp³-hybridized carbons (Fsp3) is 0.375. The van der Waals surface area contributed by atoms with Crippen molar-refractivity contribution in [2.24, 2.45) is 0 Å². The van der Waals surface area contributed by atoms with Crippen molar-refractivity contribution in [3.8, 4) is 0 Å². The molecular formula is C24H28N4O3. The molecule has 2 aliphatic rings. The summed E-state index contributed by atoms with van der Waals surface area (Å²) in [5.74, 6) is -0.487. The van der Waals surface area contributed by atoms with Gasteiger partial charge in [0.15, 0.2) is 0 Å². The lowest BCUT2D eigenvalue weighted by molar-refractivity contribution is -0.138. The summed E-state index contributed by atoms with van der Waals surface area (Å²) in [5, 5.41) is 6.13. The Balaban J connectivity index is 1.54. The predicted octanol–water partition coefficient (Wildman–Crippen LogP) is 2.83. The van der Waals surface area contributed by atoms with Crippen LogP contribution in [0.25, 0.3) is 0 Å². The number of hydrogen-bond acceptors (Lipinski definition) is 4. The van der Waals surface area contributed by atoms with Gasteiger partial charge in [0.1, 0.15) is 12.6 Å². The number of urea groups is 1. The molecule has 2 atom stereocenters. The smallest absolute Gasteiger partial charge is 0.325 e. The molecule has 0 saturated carbocycles. The highest BCUT2D eigenvalue weighted by Gasteiger charge is 2.47. The van der Waals surface area contributed by atoms with Crippen LogP contribution in [0.2, 0.25) is 0 Å². The molecule has 2 aromatic carbocycles. The number of aryl methyl sites for hydroxylation is 2. The molecule has 4 amide bonds. The predicted molar refractivity (Wildman–Crippen MR) is 118 cm³/mol. The number of piperidine rings is 1. The molecule has 162 valence electrons. The zero-order valence-electron chi connectivity index (χ0n) is 17.9. The van der Waals surface area contributed by atoms with Gasteiger partial charge in [-0.25, -0.2) is 4.79 Å². The number of anilines is 1. The first-order valence-electron chi connectivity index (χ1n) is 10.7. The molecule has 0 aromatic heterocycles. The van der Waals surface area contributed by atoms with Crippen LogP contribution in [0.15, 0.2) is 48.5 Å². The van der Waals surface area contributed by atoms with Crippen LogP contribution in [-0.4, -0.2) is 52.8 Å². The summed E-state index contributed by atoms with van der Waals surface area (Å²) < 4.78 is 0. The van der Waals surface area contributed by atoms with E-state index >= 15 is 0 Å². The maximum absolute atomic E-state index is 13.3. The highest BCUT2D eigenvalue weighted by Crippen LogP contribution is 2.26. The van der Waals surface area contributed by atoms with Gasteiger partial charge < -0.3 is 15.5 Å². The lowest BCUT2D eigenvalue weighted by Gasteiger charge is -2.46. The second-order valence-electron chi connectivity index (χ2n) is 8.38. The number of amides is 4. The molecule has 2 unspecified atom stereocenters. The van der Waals surface area contributed by atoms with Crippen LogP contribution in [0.1, 0.15) is 29.5 Å². The van der Waals surface area contributed by atoms with Gasteiger partial charge in [-0.2, -0.15) is 0 Å².